The van der Waals surface area contributed by atoms with E-state index in [0.717, 1.165) is 5.39 Å². The van der Waals surface area contributed by atoms with Crippen molar-refractivity contribution < 1.29 is 14.3 Å². The molecule has 1 aromatic carbocycles. The molecule has 0 amide bonds. The Bertz CT molecular complexity index is 742. The molecule has 0 radical (unpaired) electrons. The van der Waals surface area contributed by atoms with Crippen LogP contribution in [0.2, 0.25) is 5.02 Å². The first-order valence-electron chi connectivity index (χ1n) is 5.16. The van der Waals surface area contributed by atoms with Crippen LogP contribution in [-0.4, -0.2) is 11.1 Å². The van der Waals surface area contributed by atoms with Crippen LogP contribution in [0.5, 0.6) is 0 Å². The van der Waals surface area contributed by atoms with Gasteiger partial charge in [0.15, 0.2) is 5.58 Å². The monoisotopic (exact) mass is 278 g/mol. The Balaban J connectivity index is 2.23. The maximum Gasteiger partial charge on any atom is 0.346 e. The van der Waals surface area contributed by atoms with Crippen molar-refractivity contribution in [1.29, 1.82) is 0 Å². The highest BCUT2D eigenvalue weighted by Gasteiger charge is 2.17. The molecule has 3 nitrogen and oxygen atoms in total. The first kappa shape index (κ1) is 11.3. The second kappa shape index (κ2) is 4.15. The van der Waals surface area contributed by atoms with E-state index < -0.39 is 5.97 Å². The molecule has 0 aliphatic rings. The molecule has 0 saturated heterocycles. The van der Waals surface area contributed by atoms with Gasteiger partial charge in [-0.1, -0.05) is 23.7 Å². The summed E-state index contributed by atoms with van der Waals surface area (Å²) in [5.74, 6) is -0.427. The average molecular weight is 279 g/mol. The van der Waals surface area contributed by atoms with E-state index in [0.29, 0.717) is 21.9 Å². The molecule has 0 fully saturated rings. The molecular weight excluding hydrogens is 272 g/mol. The number of rotatable bonds is 2. The Morgan fingerprint density at radius 3 is 2.89 bits per heavy atom. The van der Waals surface area contributed by atoms with Crippen molar-refractivity contribution in [2.75, 3.05) is 0 Å². The molecule has 0 saturated carbocycles. The number of furan rings is 1. The second-order valence-corrected chi connectivity index (χ2v) is 5.06. The lowest BCUT2D eigenvalue weighted by atomic mass is 10.2. The SMILES string of the molecule is O=C(O)c1sccc1-c1cc2cccc(Cl)c2o1. The van der Waals surface area contributed by atoms with Gasteiger partial charge in [-0.25, -0.2) is 4.79 Å². The van der Waals surface area contributed by atoms with E-state index in [1.807, 2.05) is 12.1 Å². The van der Waals surface area contributed by atoms with Gasteiger partial charge < -0.3 is 9.52 Å². The Hall–Kier alpha value is -1.78. The first-order valence-corrected chi connectivity index (χ1v) is 6.42. The summed E-state index contributed by atoms with van der Waals surface area (Å²) in [6, 6.07) is 8.98. The molecule has 90 valence electrons. The Labute approximate surface area is 111 Å². The highest BCUT2D eigenvalue weighted by atomic mass is 35.5. The third-order valence-electron chi connectivity index (χ3n) is 2.62. The van der Waals surface area contributed by atoms with Crippen LogP contribution in [0.4, 0.5) is 0 Å². The fourth-order valence-electron chi connectivity index (χ4n) is 1.83. The molecule has 18 heavy (non-hydrogen) atoms. The number of benzene rings is 1. The predicted molar refractivity (Wildman–Crippen MR) is 71.5 cm³/mol. The summed E-state index contributed by atoms with van der Waals surface area (Å²) in [4.78, 5) is 11.3. The lowest BCUT2D eigenvalue weighted by molar-refractivity contribution is 0.0702. The van der Waals surface area contributed by atoms with Crippen LogP contribution < -0.4 is 0 Å². The van der Waals surface area contributed by atoms with Gasteiger partial charge in [0, 0.05) is 10.9 Å². The molecule has 0 bridgehead atoms. The number of para-hydroxylation sites is 1. The number of carboxylic acid groups (broad SMARTS) is 1. The fraction of sp³-hybridized carbons (Fsp3) is 0. The molecule has 0 unspecified atom stereocenters. The summed E-state index contributed by atoms with van der Waals surface area (Å²) in [7, 11) is 0. The number of hydrogen-bond acceptors (Lipinski definition) is 3. The zero-order valence-electron chi connectivity index (χ0n) is 9.01. The highest BCUT2D eigenvalue weighted by molar-refractivity contribution is 7.12. The van der Waals surface area contributed by atoms with Gasteiger partial charge in [0.1, 0.15) is 10.6 Å². The molecule has 2 heterocycles. The van der Waals surface area contributed by atoms with Crippen molar-refractivity contribution in [1.82, 2.24) is 0 Å². The topological polar surface area (TPSA) is 50.4 Å². The van der Waals surface area contributed by atoms with E-state index in [9.17, 15) is 4.79 Å². The van der Waals surface area contributed by atoms with Crippen molar-refractivity contribution in [3.63, 3.8) is 0 Å². The molecule has 0 atom stereocenters. The predicted octanol–water partition coefficient (Wildman–Crippen LogP) is 4.51. The third-order valence-corrected chi connectivity index (χ3v) is 3.82. The number of carboxylic acids is 1. The van der Waals surface area contributed by atoms with E-state index in [-0.39, 0.29) is 4.88 Å². The van der Waals surface area contributed by atoms with Crippen LogP contribution in [0.15, 0.2) is 40.1 Å². The van der Waals surface area contributed by atoms with Gasteiger partial charge in [0.25, 0.3) is 0 Å². The number of aromatic carboxylic acids is 1. The molecule has 3 rings (SSSR count). The van der Waals surface area contributed by atoms with Gasteiger partial charge >= 0.3 is 5.97 Å². The fourth-order valence-corrected chi connectivity index (χ4v) is 2.79. The van der Waals surface area contributed by atoms with Crippen molar-refractivity contribution in [2.45, 2.75) is 0 Å². The van der Waals surface area contributed by atoms with E-state index in [2.05, 4.69) is 0 Å². The van der Waals surface area contributed by atoms with Crippen molar-refractivity contribution in [2.24, 2.45) is 0 Å². The van der Waals surface area contributed by atoms with Crippen LogP contribution in [0, 0.1) is 0 Å². The number of hydrogen-bond donors (Lipinski definition) is 1. The van der Waals surface area contributed by atoms with E-state index in [1.165, 1.54) is 11.3 Å². The molecule has 0 aliphatic carbocycles. The van der Waals surface area contributed by atoms with Crippen LogP contribution >= 0.6 is 22.9 Å². The Morgan fingerprint density at radius 2 is 2.17 bits per heavy atom. The summed E-state index contributed by atoms with van der Waals surface area (Å²) in [5, 5.41) is 12.2. The molecular formula is C13H7ClO3S. The zero-order valence-corrected chi connectivity index (χ0v) is 10.6. The molecule has 0 aliphatic heterocycles. The lowest BCUT2D eigenvalue weighted by Gasteiger charge is -1.94. The van der Waals surface area contributed by atoms with Gasteiger partial charge in [-0.3, -0.25) is 0 Å². The normalized spacial score (nSPS) is 10.9. The number of thiophene rings is 1. The average Bonchev–Trinajstić information content (AvgIpc) is 2.95. The first-order chi connectivity index (χ1) is 8.66. The zero-order chi connectivity index (χ0) is 12.7. The molecule has 3 aromatic rings. The van der Waals surface area contributed by atoms with Crippen LogP contribution in [0.25, 0.3) is 22.3 Å². The minimum Gasteiger partial charge on any atom is -0.477 e. The molecule has 0 spiro atoms. The number of fused-ring (bicyclic) bond motifs is 1. The van der Waals surface area contributed by atoms with Crippen LogP contribution in [0.3, 0.4) is 0 Å². The van der Waals surface area contributed by atoms with Gasteiger partial charge in [0.05, 0.1) is 5.02 Å². The van der Waals surface area contributed by atoms with Crippen LogP contribution in [-0.2, 0) is 0 Å². The standard InChI is InChI=1S/C13H7ClO3S/c14-9-3-1-2-7-6-10(17-11(7)9)8-4-5-18-12(8)13(15)16/h1-6H,(H,15,16). The van der Waals surface area contributed by atoms with Gasteiger partial charge in [-0.2, -0.15) is 0 Å². The number of carbonyl (C=O) groups is 1. The lowest BCUT2D eigenvalue weighted by Crippen LogP contribution is -1.93. The maximum absolute atomic E-state index is 11.1. The quantitative estimate of drug-likeness (QED) is 0.750. The summed E-state index contributed by atoms with van der Waals surface area (Å²) in [6.45, 7) is 0. The van der Waals surface area contributed by atoms with Crippen molar-refractivity contribution >= 4 is 39.9 Å². The van der Waals surface area contributed by atoms with Gasteiger partial charge in [-0.15, -0.1) is 11.3 Å². The summed E-state index contributed by atoms with van der Waals surface area (Å²) in [5.41, 5.74) is 1.16. The largest absolute Gasteiger partial charge is 0.477 e. The summed E-state index contributed by atoms with van der Waals surface area (Å²) in [6.07, 6.45) is 0. The third kappa shape index (κ3) is 1.70. The van der Waals surface area contributed by atoms with Crippen LogP contribution in [0.1, 0.15) is 9.67 Å². The molecule has 2 aromatic heterocycles. The van der Waals surface area contributed by atoms with E-state index in [4.69, 9.17) is 21.1 Å². The van der Waals surface area contributed by atoms with Crippen molar-refractivity contribution in [3.05, 3.63) is 45.6 Å². The molecule has 5 heteroatoms. The van der Waals surface area contributed by atoms with E-state index in [1.54, 1.807) is 23.6 Å². The second-order valence-electron chi connectivity index (χ2n) is 3.74. The number of halogens is 1. The minimum absolute atomic E-state index is 0.269. The molecule has 1 N–H and O–H groups in total. The summed E-state index contributed by atoms with van der Waals surface area (Å²) >= 11 is 7.20. The van der Waals surface area contributed by atoms with Crippen molar-refractivity contribution in [3.8, 4) is 11.3 Å². The smallest absolute Gasteiger partial charge is 0.346 e. The van der Waals surface area contributed by atoms with Gasteiger partial charge in [0.2, 0.25) is 0 Å². The Kier molecular flexibility index (Phi) is 2.61. The Morgan fingerprint density at radius 1 is 1.33 bits per heavy atom. The van der Waals surface area contributed by atoms with E-state index >= 15 is 0 Å². The van der Waals surface area contributed by atoms with Gasteiger partial charge in [-0.05, 0) is 23.6 Å². The summed E-state index contributed by atoms with van der Waals surface area (Å²) < 4.78 is 5.65. The minimum atomic E-state index is -0.952. The highest BCUT2D eigenvalue weighted by Crippen LogP contribution is 2.35. The maximum atomic E-state index is 11.1.